The third kappa shape index (κ3) is 6.22. The van der Waals surface area contributed by atoms with Gasteiger partial charge in [-0.1, -0.05) is 53.4 Å². The highest BCUT2D eigenvalue weighted by Crippen LogP contribution is 2.30. The zero-order valence-corrected chi connectivity index (χ0v) is 13.3. The van der Waals surface area contributed by atoms with Gasteiger partial charge in [0.15, 0.2) is 0 Å². The first-order chi connectivity index (χ1) is 8.49. The van der Waals surface area contributed by atoms with Crippen LogP contribution in [0.4, 0.5) is 0 Å². The van der Waals surface area contributed by atoms with E-state index >= 15 is 0 Å². The maximum Gasteiger partial charge on any atom is 0.00722 e. The first-order valence-electron chi connectivity index (χ1n) is 8.25. The molecule has 18 heavy (non-hydrogen) atoms. The Hall–Kier alpha value is -0.0400. The maximum absolute atomic E-state index is 3.88. The number of hydrogen-bond donors (Lipinski definition) is 1. The highest BCUT2D eigenvalue weighted by molar-refractivity contribution is 4.81. The molecule has 1 rings (SSSR count). The molecule has 0 aliphatic heterocycles. The van der Waals surface area contributed by atoms with Crippen LogP contribution in [0.25, 0.3) is 0 Å². The second-order valence-corrected chi connectivity index (χ2v) is 7.26. The largest absolute Gasteiger partial charge is 0.311 e. The van der Waals surface area contributed by atoms with Crippen LogP contribution in [0.3, 0.4) is 0 Å². The standard InChI is InChI=1S/C17H35N/c1-13(2)8-6-9-15(5)18-17-11-7-10-16(12-17)14(3)4/h13-18H,6-12H2,1-5H3. The number of hydrogen-bond acceptors (Lipinski definition) is 1. The number of rotatable bonds is 7. The van der Waals surface area contributed by atoms with E-state index in [9.17, 15) is 0 Å². The lowest BCUT2D eigenvalue weighted by molar-refractivity contribution is 0.219. The van der Waals surface area contributed by atoms with Gasteiger partial charge in [0.25, 0.3) is 0 Å². The van der Waals surface area contributed by atoms with Crippen LogP contribution in [0.15, 0.2) is 0 Å². The summed E-state index contributed by atoms with van der Waals surface area (Å²) in [4.78, 5) is 0. The van der Waals surface area contributed by atoms with Crippen molar-refractivity contribution < 1.29 is 0 Å². The average Bonchev–Trinajstić information content (AvgIpc) is 2.28. The van der Waals surface area contributed by atoms with Crippen molar-refractivity contribution in [3.8, 4) is 0 Å². The van der Waals surface area contributed by atoms with Crippen LogP contribution >= 0.6 is 0 Å². The van der Waals surface area contributed by atoms with E-state index in [2.05, 4.69) is 39.9 Å². The van der Waals surface area contributed by atoms with Crippen molar-refractivity contribution in [1.82, 2.24) is 5.32 Å². The first kappa shape index (κ1) is 16.0. The van der Waals surface area contributed by atoms with Crippen LogP contribution in [0.2, 0.25) is 0 Å². The summed E-state index contributed by atoms with van der Waals surface area (Å²) >= 11 is 0. The summed E-state index contributed by atoms with van der Waals surface area (Å²) in [5, 5.41) is 3.88. The van der Waals surface area contributed by atoms with Crippen molar-refractivity contribution in [2.75, 3.05) is 0 Å². The van der Waals surface area contributed by atoms with Crippen molar-refractivity contribution in [3.05, 3.63) is 0 Å². The predicted octanol–water partition coefficient (Wildman–Crippen LogP) is 5.01. The highest BCUT2D eigenvalue weighted by Gasteiger charge is 2.24. The second-order valence-electron chi connectivity index (χ2n) is 7.26. The molecule has 0 bridgehead atoms. The summed E-state index contributed by atoms with van der Waals surface area (Å²) in [6.45, 7) is 11.8. The molecule has 1 heteroatoms. The summed E-state index contributed by atoms with van der Waals surface area (Å²) in [7, 11) is 0. The lowest BCUT2D eigenvalue weighted by atomic mass is 9.79. The Labute approximate surface area is 115 Å². The van der Waals surface area contributed by atoms with Gasteiger partial charge in [0.05, 0.1) is 0 Å². The molecule has 1 aliphatic rings. The zero-order valence-electron chi connectivity index (χ0n) is 13.3. The third-order valence-corrected chi connectivity index (χ3v) is 4.60. The van der Waals surface area contributed by atoms with Gasteiger partial charge in [-0.2, -0.15) is 0 Å². The molecule has 0 aromatic heterocycles. The maximum atomic E-state index is 3.88. The Morgan fingerprint density at radius 1 is 1.00 bits per heavy atom. The predicted molar refractivity (Wildman–Crippen MR) is 81.9 cm³/mol. The fourth-order valence-corrected chi connectivity index (χ4v) is 3.30. The lowest BCUT2D eigenvalue weighted by Crippen LogP contribution is -2.40. The molecule has 1 saturated carbocycles. The summed E-state index contributed by atoms with van der Waals surface area (Å²) in [5.41, 5.74) is 0. The average molecular weight is 253 g/mol. The fourth-order valence-electron chi connectivity index (χ4n) is 3.30. The van der Waals surface area contributed by atoms with Crippen LogP contribution in [-0.4, -0.2) is 12.1 Å². The molecule has 108 valence electrons. The zero-order chi connectivity index (χ0) is 13.5. The SMILES string of the molecule is CC(C)CCCC(C)NC1CCCC(C(C)C)C1. The molecule has 1 N–H and O–H groups in total. The molecule has 0 aromatic rings. The van der Waals surface area contributed by atoms with Crippen LogP contribution in [0.5, 0.6) is 0 Å². The molecule has 0 heterocycles. The fraction of sp³-hybridized carbons (Fsp3) is 1.00. The van der Waals surface area contributed by atoms with E-state index < -0.39 is 0 Å². The molecule has 0 spiro atoms. The van der Waals surface area contributed by atoms with Gasteiger partial charge in [0, 0.05) is 12.1 Å². The summed E-state index contributed by atoms with van der Waals surface area (Å²) < 4.78 is 0. The Morgan fingerprint density at radius 3 is 2.33 bits per heavy atom. The quantitative estimate of drug-likeness (QED) is 0.673. The van der Waals surface area contributed by atoms with Crippen LogP contribution < -0.4 is 5.32 Å². The molecule has 1 aliphatic carbocycles. The van der Waals surface area contributed by atoms with Crippen molar-refractivity contribution in [1.29, 1.82) is 0 Å². The molecule has 3 atom stereocenters. The molecule has 0 radical (unpaired) electrons. The third-order valence-electron chi connectivity index (χ3n) is 4.60. The van der Waals surface area contributed by atoms with Crippen molar-refractivity contribution >= 4 is 0 Å². The van der Waals surface area contributed by atoms with E-state index in [-0.39, 0.29) is 0 Å². The van der Waals surface area contributed by atoms with Crippen LogP contribution in [-0.2, 0) is 0 Å². The van der Waals surface area contributed by atoms with Gasteiger partial charge in [-0.15, -0.1) is 0 Å². The molecule has 1 nitrogen and oxygen atoms in total. The van der Waals surface area contributed by atoms with E-state index in [1.165, 1.54) is 44.9 Å². The minimum absolute atomic E-state index is 0.708. The van der Waals surface area contributed by atoms with Gasteiger partial charge >= 0.3 is 0 Å². The van der Waals surface area contributed by atoms with Crippen LogP contribution in [0.1, 0.15) is 79.6 Å². The topological polar surface area (TPSA) is 12.0 Å². The van der Waals surface area contributed by atoms with Gasteiger partial charge in [-0.25, -0.2) is 0 Å². The van der Waals surface area contributed by atoms with Gasteiger partial charge in [-0.3, -0.25) is 0 Å². The number of nitrogens with one attached hydrogen (secondary N) is 1. The monoisotopic (exact) mass is 253 g/mol. The molecular weight excluding hydrogens is 218 g/mol. The van der Waals surface area contributed by atoms with Crippen LogP contribution in [0, 0.1) is 17.8 Å². The summed E-state index contributed by atoms with van der Waals surface area (Å²) in [6.07, 6.45) is 9.80. The van der Waals surface area contributed by atoms with E-state index in [1.54, 1.807) is 0 Å². The molecule has 0 saturated heterocycles. The van der Waals surface area contributed by atoms with E-state index in [0.717, 1.165) is 23.8 Å². The second kappa shape index (κ2) is 8.19. The Morgan fingerprint density at radius 2 is 1.72 bits per heavy atom. The lowest BCUT2D eigenvalue weighted by Gasteiger charge is -2.34. The van der Waals surface area contributed by atoms with Gasteiger partial charge in [0.2, 0.25) is 0 Å². The van der Waals surface area contributed by atoms with E-state index in [1.807, 2.05) is 0 Å². The normalized spacial score (nSPS) is 26.8. The van der Waals surface area contributed by atoms with Crippen molar-refractivity contribution in [2.45, 2.75) is 91.6 Å². The Balaban J connectivity index is 2.20. The van der Waals surface area contributed by atoms with E-state index in [4.69, 9.17) is 0 Å². The molecule has 3 unspecified atom stereocenters. The minimum Gasteiger partial charge on any atom is -0.311 e. The highest BCUT2D eigenvalue weighted by atomic mass is 14.9. The van der Waals surface area contributed by atoms with Crippen molar-refractivity contribution in [3.63, 3.8) is 0 Å². The van der Waals surface area contributed by atoms with Gasteiger partial charge in [0.1, 0.15) is 0 Å². The Kier molecular flexibility index (Phi) is 7.29. The minimum atomic E-state index is 0.708. The first-order valence-corrected chi connectivity index (χ1v) is 8.25. The van der Waals surface area contributed by atoms with E-state index in [0.29, 0.717) is 6.04 Å². The Bertz CT molecular complexity index is 210. The van der Waals surface area contributed by atoms with Gasteiger partial charge in [-0.05, 0) is 43.9 Å². The van der Waals surface area contributed by atoms with Crippen molar-refractivity contribution in [2.24, 2.45) is 17.8 Å². The molecule has 1 fully saturated rings. The van der Waals surface area contributed by atoms with Gasteiger partial charge < -0.3 is 5.32 Å². The summed E-state index contributed by atoms with van der Waals surface area (Å²) in [5.74, 6) is 2.68. The smallest absolute Gasteiger partial charge is 0.00722 e. The summed E-state index contributed by atoms with van der Waals surface area (Å²) in [6, 6.07) is 1.50. The molecular formula is C17H35N. The molecule has 0 amide bonds. The molecule has 0 aromatic carbocycles.